The van der Waals surface area contributed by atoms with Crippen LogP contribution < -0.4 is 5.73 Å². The molecular weight excluding hydrogens is 212 g/mol. The van der Waals surface area contributed by atoms with Crippen LogP contribution in [-0.2, 0) is 18.3 Å². The highest BCUT2D eigenvalue weighted by Gasteiger charge is 2.26. The molecule has 0 saturated heterocycles. The third kappa shape index (κ3) is 2.11. The number of carbonyl (C=O) groups is 1. The molecule has 1 aromatic carbocycles. The summed E-state index contributed by atoms with van der Waals surface area (Å²) in [6.07, 6.45) is 2.63. The molecule has 2 aromatic rings. The van der Waals surface area contributed by atoms with Crippen LogP contribution in [0.15, 0.2) is 30.5 Å². The fourth-order valence-electron chi connectivity index (χ4n) is 2.09. The van der Waals surface area contributed by atoms with Gasteiger partial charge in [0.15, 0.2) is 0 Å². The van der Waals surface area contributed by atoms with E-state index < -0.39 is 5.54 Å². The van der Waals surface area contributed by atoms with Crippen molar-refractivity contribution in [3.8, 4) is 0 Å². The predicted molar refractivity (Wildman–Crippen MR) is 69.9 cm³/mol. The number of Topliss-reactive ketones (excluding diaryl/α,β-unsaturated/α-hetero) is 1. The second-order valence-corrected chi connectivity index (χ2v) is 4.93. The third-order valence-electron chi connectivity index (χ3n) is 3.34. The van der Waals surface area contributed by atoms with E-state index in [2.05, 4.69) is 22.9 Å². The van der Waals surface area contributed by atoms with E-state index in [9.17, 15) is 4.79 Å². The first-order chi connectivity index (χ1) is 7.92. The van der Waals surface area contributed by atoms with Crippen molar-refractivity contribution < 1.29 is 4.79 Å². The first kappa shape index (κ1) is 11.9. The summed E-state index contributed by atoms with van der Waals surface area (Å²) < 4.78 is 2.07. The van der Waals surface area contributed by atoms with Crippen LogP contribution in [-0.4, -0.2) is 15.9 Å². The average molecular weight is 230 g/mol. The fourth-order valence-corrected chi connectivity index (χ4v) is 2.09. The van der Waals surface area contributed by atoms with E-state index in [0.29, 0.717) is 6.42 Å². The molecule has 0 amide bonds. The number of hydrogen-bond acceptors (Lipinski definition) is 2. The van der Waals surface area contributed by atoms with E-state index in [-0.39, 0.29) is 5.78 Å². The predicted octanol–water partition coefficient (Wildman–Crippen LogP) is 2.03. The minimum atomic E-state index is -0.788. The maximum absolute atomic E-state index is 11.5. The van der Waals surface area contributed by atoms with Crippen molar-refractivity contribution in [3.05, 3.63) is 36.0 Å². The molecule has 0 bridgehead atoms. The fraction of sp³-hybridized carbons (Fsp3) is 0.357. The SMILES string of the molecule is CC(=O)C(C)(N)Cc1cn(C)c2ccccc12. The Morgan fingerprint density at radius 2 is 2.06 bits per heavy atom. The highest BCUT2D eigenvalue weighted by molar-refractivity contribution is 5.88. The lowest BCUT2D eigenvalue weighted by molar-refractivity contribution is -0.121. The number of para-hydroxylation sites is 1. The summed E-state index contributed by atoms with van der Waals surface area (Å²) in [5.41, 5.74) is 7.54. The summed E-state index contributed by atoms with van der Waals surface area (Å²) in [4.78, 5) is 11.5. The molecule has 0 aliphatic carbocycles. The van der Waals surface area contributed by atoms with Gasteiger partial charge in [-0.2, -0.15) is 0 Å². The Balaban J connectivity index is 2.47. The molecule has 1 atom stereocenters. The van der Waals surface area contributed by atoms with Gasteiger partial charge in [0.25, 0.3) is 0 Å². The number of benzene rings is 1. The molecule has 3 nitrogen and oxygen atoms in total. The van der Waals surface area contributed by atoms with E-state index in [4.69, 9.17) is 5.73 Å². The molecule has 0 spiro atoms. The molecule has 1 heterocycles. The van der Waals surface area contributed by atoms with Crippen LogP contribution in [0.25, 0.3) is 10.9 Å². The zero-order valence-corrected chi connectivity index (χ0v) is 10.5. The molecule has 17 heavy (non-hydrogen) atoms. The van der Waals surface area contributed by atoms with E-state index in [1.807, 2.05) is 19.2 Å². The lowest BCUT2D eigenvalue weighted by atomic mass is 9.90. The van der Waals surface area contributed by atoms with Crippen LogP contribution >= 0.6 is 0 Å². The lowest BCUT2D eigenvalue weighted by Gasteiger charge is -2.20. The quantitative estimate of drug-likeness (QED) is 0.877. The molecule has 0 aliphatic heterocycles. The van der Waals surface area contributed by atoms with Gasteiger partial charge in [0.2, 0.25) is 0 Å². The molecular formula is C14H18N2O. The van der Waals surface area contributed by atoms with Crippen LogP contribution in [0.1, 0.15) is 19.4 Å². The second kappa shape index (κ2) is 4.00. The van der Waals surface area contributed by atoms with Gasteiger partial charge in [-0.1, -0.05) is 18.2 Å². The van der Waals surface area contributed by atoms with E-state index >= 15 is 0 Å². The molecule has 90 valence electrons. The zero-order valence-electron chi connectivity index (χ0n) is 10.5. The smallest absolute Gasteiger partial charge is 0.149 e. The molecule has 2 N–H and O–H groups in total. The number of rotatable bonds is 3. The monoisotopic (exact) mass is 230 g/mol. The van der Waals surface area contributed by atoms with Crippen molar-refractivity contribution in [3.63, 3.8) is 0 Å². The van der Waals surface area contributed by atoms with Gasteiger partial charge in [-0.3, -0.25) is 4.79 Å². The van der Waals surface area contributed by atoms with Gasteiger partial charge in [0.1, 0.15) is 5.78 Å². The number of hydrogen-bond donors (Lipinski definition) is 1. The molecule has 0 aliphatic rings. The number of aryl methyl sites for hydroxylation is 1. The summed E-state index contributed by atoms with van der Waals surface area (Å²) >= 11 is 0. The number of nitrogens with two attached hydrogens (primary N) is 1. The van der Waals surface area contributed by atoms with Crippen molar-refractivity contribution in [2.24, 2.45) is 12.8 Å². The van der Waals surface area contributed by atoms with Crippen LogP contribution in [0.4, 0.5) is 0 Å². The highest BCUT2D eigenvalue weighted by atomic mass is 16.1. The number of aromatic nitrogens is 1. The number of carbonyl (C=O) groups excluding carboxylic acids is 1. The number of nitrogens with zero attached hydrogens (tertiary/aromatic N) is 1. The minimum absolute atomic E-state index is 0.0189. The van der Waals surface area contributed by atoms with Crippen molar-refractivity contribution in [2.45, 2.75) is 25.8 Å². The van der Waals surface area contributed by atoms with Crippen LogP contribution in [0, 0.1) is 0 Å². The van der Waals surface area contributed by atoms with Gasteiger partial charge < -0.3 is 10.3 Å². The third-order valence-corrected chi connectivity index (χ3v) is 3.34. The standard InChI is InChI=1S/C14H18N2O/c1-10(17)14(2,15)8-11-9-16(3)13-7-5-4-6-12(11)13/h4-7,9H,8,15H2,1-3H3. The van der Waals surface area contributed by atoms with Crippen molar-refractivity contribution >= 4 is 16.7 Å². The normalized spacial score (nSPS) is 14.8. The van der Waals surface area contributed by atoms with Crippen molar-refractivity contribution in [1.29, 1.82) is 0 Å². The Labute approximate surface area is 101 Å². The van der Waals surface area contributed by atoms with E-state index in [1.54, 1.807) is 13.8 Å². The van der Waals surface area contributed by atoms with Crippen molar-refractivity contribution in [2.75, 3.05) is 0 Å². The van der Waals surface area contributed by atoms with Gasteiger partial charge in [-0.15, -0.1) is 0 Å². The second-order valence-electron chi connectivity index (χ2n) is 4.93. The van der Waals surface area contributed by atoms with E-state index in [1.165, 1.54) is 10.9 Å². The summed E-state index contributed by atoms with van der Waals surface area (Å²) in [5.74, 6) is 0.0189. The maximum atomic E-state index is 11.5. The maximum Gasteiger partial charge on any atom is 0.149 e. The van der Waals surface area contributed by atoms with Crippen LogP contribution in [0.5, 0.6) is 0 Å². The first-order valence-electron chi connectivity index (χ1n) is 5.74. The summed E-state index contributed by atoms with van der Waals surface area (Å²) in [6, 6.07) is 8.16. The van der Waals surface area contributed by atoms with Gasteiger partial charge in [-0.25, -0.2) is 0 Å². The van der Waals surface area contributed by atoms with Gasteiger partial charge in [0, 0.05) is 24.1 Å². The molecule has 2 rings (SSSR count). The molecule has 1 unspecified atom stereocenters. The van der Waals surface area contributed by atoms with Gasteiger partial charge >= 0.3 is 0 Å². The van der Waals surface area contributed by atoms with Crippen molar-refractivity contribution in [1.82, 2.24) is 4.57 Å². The Kier molecular flexibility index (Phi) is 2.79. The Morgan fingerprint density at radius 3 is 2.71 bits per heavy atom. The zero-order chi connectivity index (χ0) is 12.6. The molecule has 1 aromatic heterocycles. The summed E-state index contributed by atoms with van der Waals surface area (Å²) in [6.45, 7) is 3.34. The molecule has 3 heteroatoms. The summed E-state index contributed by atoms with van der Waals surface area (Å²) in [5, 5.41) is 1.17. The Hall–Kier alpha value is -1.61. The number of fused-ring (bicyclic) bond motifs is 1. The molecule has 0 saturated carbocycles. The Morgan fingerprint density at radius 1 is 1.41 bits per heavy atom. The largest absolute Gasteiger partial charge is 0.350 e. The topological polar surface area (TPSA) is 48.0 Å². The first-order valence-corrected chi connectivity index (χ1v) is 5.74. The van der Waals surface area contributed by atoms with Crippen LogP contribution in [0.2, 0.25) is 0 Å². The van der Waals surface area contributed by atoms with Gasteiger partial charge in [-0.05, 0) is 31.9 Å². The molecule has 0 fully saturated rings. The molecule has 0 radical (unpaired) electrons. The van der Waals surface area contributed by atoms with Gasteiger partial charge in [0.05, 0.1) is 5.54 Å². The Bertz CT molecular complexity index is 567. The van der Waals surface area contributed by atoms with E-state index in [0.717, 1.165) is 5.56 Å². The minimum Gasteiger partial charge on any atom is -0.350 e. The lowest BCUT2D eigenvalue weighted by Crippen LogP contribution is -2.45. The number of ketones is 1. The highest BCUT2D eigenvalue weighted by Crippen LogP contribution is 2.23. The van der Waals surface area contributed by atoms with Crippen LogP contribution in [0.3, 0.4) is 0 Å². The summed E-state index contributed by atoms with van der Waals surface area (Å²) in [7, 11) is 2.01. The average Bonchev–Trinajstić information content (AvgIpc) is 2.56.